The van der Waals surface area contributed by atoms with Gasteiger partial charge in [0.05, 0.1) is 19.7 Å². The Labute approximate surface area is 150 Å². The molecule has 3 aromatic rings. The number of oxazole rings is 1. The van der Waals surface area contributed by atoms with E-state index in [-0.39, 0.29) is 11.9 Å². The zero-order valence-corrected chi connectivity index (χ0v) is 15.0. The number of nitrogens with zero attached hydrogens (tertiary/aromatic N) is 1. The summed E-state index contributed by atoms with van der Waals surface area (Å²) in [7, 11) is 3.04. The number of aromatic nitrogens is 1. The summed E-state index contributed by atoms with van der Waals surface area (Å²) in [6, 6.07) is 10.0. The van der Waals surface area contributed by atoms with Crippen molar-refractivity contribution in [3.63, 3.8) is 0 Å². The Morgan fingerprint density at radius 3 is 2.31 bits per heavy atom. The third-order valence-electron chi connectivity index (χ3n) is 4.00. The summed E-state index contributed by atoms with van der Waals surface area (Å²) in [4.78, 5) is 24.5. The van der Waals surface area contributed by atoms with Gasteiger partial charge in [0.1, 0.15) is 11.5 Å². The molecule has 0 saturated heterocycles. The van der Waals surface area contributed by atoms with Crippen LogP contribution in [0.15, 0.2) is 45.6 Å². The van der Waals surface area contributed by atoms with Crippen LogP contribution >= 0.6 is 0 Å². The number of benzene rings is 2. The SMILES string of the molecule is COc1cc(OC)cc(C(=O)Nc2ccc3c(c2)oc(=O)n3C(C)C)c1. The van der Waals surface area contributed by atoms with Gasteiger partial charge in [0.25, 0.3) is 5.91 Å². The molecular formula is C19H20N2O5. The minimum Gasteiger partial charge on any atom is -0.497 e. The Morgan fingerprint density at radius 1 is 1.08 bits per heavy atom. The fraction of sp³-hybridized carbons (Fsp3) is 0.263. The van der Waals surface area contributed by atoms with Gasteiger partial charge in [0.2, 0.25) is 0 Å². The summed E-state index contributed by atoms with van der Waals surface area (Å²) in [6.07, 6.45) is 0. The molecule has 136 valence electrons. The molecule has 26 heavy (non-hydrogen) atoms. The zero-order valence-electron chi connectivity index (χ0n) is 15.0. The highest BCUT2D eigenvalue weighted by molar-refractivity contribution is 6.05. The second-order valence-electron chi connectivity index (χ2n) is 6.07. The van der Waals surface area contributed by atoms with Gasteiger partial charge in [0, 0.05) is 29.4 Å². The van der Waals surface area contributed by atoms with E-state index in [0.29, 0.717) is 33.8 Å². The van der Waals surface area contributed by atoms with E-state index in [4.69, 9.17) is 13.9 Å². The average Bonchev–Trinajstić information content (AvgIpc) is 2.96. The molecule has 0 radical (unpaired) electrons. The first kappa shape index (κ1) is 17.6. The summed E-state index contributed by atoms with van der Waals surface area (Å²) in [5, 5.41) is 2.79. The van der Waals surface area contributed by atoms with Crippen molar-refractivity contribution in [3.8, 4) is 11.5 Å². The van der Waals surface area contributed by atoms with E-state index < -0.39 is 5.76 Å². The van der Waals surface area contributed by atoms with Crippen LogP contribution in [0, 0.1) is 0 Å². The molecule has 1 N–H and O–H groups in total. The van der Waals surface area contributed by atoms with Crippen LogP contribution in [0.4, 0.5) is 5.69 Å². The van der Waals surface area contributed by atoms with Crippen molar-refractivity contribution in [3.05, 3.63) is 52.5 Å². The second-order valence-corrected chi connectivity index (χ2v) is 6.07. The lowest BCUT2D eigenvalue weighted by molar-refractivity contribution is 0.102. The molecule has 7 nitrogen and oxygen atoms in total. The minimum absolute atomic E-state index is 0.0200. The molecule has 0 fully saturated rings. The summed E-state index contributed by atoms with van der Waals surface area (Å²) < 4.78 is 17.2. The maximum absolute atomic E-state index is 12.5. The molecule has 0 aliphatic rings. The van der Waals surface area contributed by atoms with E-state index in [1.54, 1.807) is 41.0 Å². The standard InChI is InChI=1S/C19H20N2O5/c1-11(2)21-16-6-5-13(9-17(16)26-19(21)23)20-18(22)12-7-14(24-3)10-15(8-12)25-4/h5-11H,1-4H3,(H,20,22). The van der Waals surface area contributed by atoms with Gasteiger partial charge in [-0.15, -0.1) is 0 Å². The van der Waals surface area contributed by atoms with E-state index in [1.165, 1.54) is 14.2 Å². The highest BCUT2D eigenvalue weighted by Crippen LogP contribution is 2.25. The first-order valence-electron chi connectivity index (χ1n) is 8.12. The van der Waals surface area contributed by atoms with Crippen molar-refractivity contribution >= 4 is 22.7 Å². The predicted molar refractivity (Wildman–Crippen MR) is 98.4 cm³/mol. The fourth-order valence-corrected chi connectivity index (χ4v) is 2.75. The van der Waals surface area contributed by atoms with E-state index in [2.05, 4.69) is 5.32 Å². The molecule has 2 aromatic carbocycles. The molecular weight excluding hydrogens is 336 g/mol. The summed E-state index contributed by atoms with van der Waals surface area (Å²) >= 11 is 0. The van der Waals surface area contributed by atoms with Crippen molar-refractivity contribution in [2.45, 2.75) is 19.9 Å². The van der Waals surface area contributed by atoms with Crippen LogP contribution in [-0.2, 0) is 0 Å². The number of anilines is 1. The molecule has 1 heterocycles. The van der Waals surface area contributed by atoms with Gasteiger partial charge in [-0.1, -0.05) is 0 Å². The van der Waals surface area contributed by atoms with E-state index in [9.17, 15) is 9.59 Å². The number of nitrogens with one attached hydrogen (secondary N) is 1. The van der Waals surface area contributed by atoms with Crippen molar-refractivity contribution in [1.29, 1.82) is 0 Å². The molecule has 1 aromatic heterocycles. The molecule has 0 spiro atoms. The van der Waals surface area contributed by atoms with Gasteiger partial charge in [0.15, 0.2) is 5.58 Å². The molecule has 0 saturated carbocycles. The Balaban J connectivity index is 1.91. The Bertz CT molecular complexity index is 994. The van der Waals surface area contributed by atoms with Gasteiger partial charge in [-0.3, -0.25) is 9.36 Å². The Hall–Kier alpha value is -3.22. The second kappa shape index (κ2) is 6.95. The number of hydrogen-bond donors (Lipinski definition) is 1. The van der Waals surface area contributed by atoms with Gasteiger partial charge in [-0.05, 0) is 38.1 Å². The van der Waals surface area contributed by atoms with Crippen LogP contribution in [0.1, 0.15) is 30.2 Å². The smallest absolute Gasteiger partial charge is 0.420 e. The van der Waals surface area contributed by atoms with Crippen LogP contribution in [-0.4, -0.2) is 24.7 Å². The lowest BCUT2D eigenvalue weighted by Gasteiger charge is -2.10. The first-order valence-corrected chi connectivity index (χ1v) is 8.12. The zero-order chi connectivity index (χ0) is 18.8. The molecule has 0 unspecified atom stereocenters. The van der Waals surface area contributed by atoms with Crippen molar-refractivity contribution in [1.82, 2.24) is 4.57 Å². The molecule has 3 rings (SSSR count). The Morgan fingerprint density at radius 2 is 1.73 bits per heavy atom. The van der Waals surface area contributed by atoms with Gasteiger partial charge >= 0.3 is 5.76 Å². The molecule has 7 heteroatoms. The third-order valence-corrected chi connectivity index (χ3v) is 4.00. The molecule has 0 bridgehead atoms. The van der Waals surface area contributed by atoms with Crippen molar-refractivity contribution < 1.29 is 18.7 Å². The maximum Gasteiger partial charge on any atom is 0.420 e. The number of carbonyl (C=O) groups excluding carboxylic acids is 1. The number of fused-ring (bicyclic) bond motifs is 1. The van der Waals surface area contributed by atoms with Crippen LogP contribution in [0.5, 0.6) is 11.5 Å². The quantitative estimate of drug-likeness (QED) is 0.757. The van der Waals surface area contributed by atoms with E-state index in [0.717, 1.165) is 0 Å². The van der Waals surface area contributed by atoms with Gasteiger partial charge in [-0.25, -0.2) is 4.79 Å². The first-order chi connectivity index (χ1) is 12.4. The van der Waals surface area contributed by atoms with Crippen molar-refractivity contribution in [2.75, 3.05) is 19.5 Å². The summed E-state index contributed by atoms with van der Waals surface area (Å²) in [6.45, 7) is 3.81. The number of carbonyl (C=O) groups is 1. The predicted octanol–water partition coefficient (Wildman–Crippen LogP) is 3.44. The van der Waals surface area contributed by atoms with Crippen LogP contribution in [0.3, 0.4) is 0 Å². The lowest BCUT2D eigenvalue weighted by atomic mass is 10.1. The van der Waals surface area contributed by atoms with Crippen LogP contribution in [0.2, 0.25) is 0 Å². The summed E-state index contributed by atoms with van der Waals surface area (Å²) in [5.41, 5.74) is 2.02. The highest BCUT2D eigenvalue weighted by atomic mass is 16.5. The maximum atomic E-state index is 12.5. The number of methoxy groups -OCH3 is 2. The number of amides is 1. The Kier molecular flexibility index (Phi) is 4.71. The fourth-order valence-electron chi connectivity index (χ4n) is 2.75. The molecule has 0 atom stereocenters. The lowest BCUT2D eigenvalue weighted by Crippen LogP contribution is -2.15. The van der Waals surface area contributed by atoms with Crippen LogP contribution < -0.4 is 20.5 Å². The highest BCUT2D eigenvalue weighted by Gasteiger charge is 2.14. The third kappa shape index (κ3) is 3.28. The minimum atomic E-state index is -0.420. The normalized spacial score (nSPS) is 11.0. The van der Waals surface area contributed by atoms with Crippen LogP contribution in [0.25, 0.3) is 11.1 Å². The topological polar surface area (TPSA) is 82.7 Å². The van der Waals surface area contributed by atoms with Crippen molar-refractivity contribution in [2.24, 2.45) is 0 Å². The van der Waals surface area contributed by atoms with E-state index >= 15 is 0 Å². The largest absolute Gasteiger partial charge is 0.497 e. The number of ether oxygens (including phenoxy) is 2. The number of rotatable bonds is 5. The number of hydrogen-bond acceptors (Lipinski definition) is 5. The molecule has 1 amide bonds. The molecule has 0 aliphatic heterocycles. The van der Waals surface area contributed by atoms with E-state index in [1.807, 2.05) is 13.8 Å². The van der Waals surface area contributed by atoms with Gasteiger partial charge in [-0.2, -0.15) is 0 Å². The average molecular weight is 356 g/mol. The summed E-state index contributed by atoms with van der Waals surface area (Å²) in [5.74, 6) is 0.290. The monoisotopic (exact) mass is 356 g/mol. The van der Waals surface area contributed by atoms with Gasteiger partial charge < -0.3 is 19.2 Å². The molecule has 0 aliphatic carbocycles.